The van der Waals surface area contributed by atoms with Crippen molar-refractivity contribution in [2.24, 2.45) is 23.2 Å². The second-order valence-electron chi connectivity index (χ2n) is 5.30. The molecule has 2 fully saturated rings. The van der Waals surface area contributed by atoms with E-state index in [0.717, 1.165) is 12.8 Å². The van der Waals surface area contributed by atoms with Gasteiger partial charge in [-0.1, -0.05) is 20.8 Å². The van der Waals surface area contributed by atoms with Gasteiger partial charge in [0, 0.05) is 5.41 Å². The Morgan fingerprint density at radius 1 is 1.50 bits per heavy atom. The van der Waals surface area contributed by atoms with Crippen molar-refractivity contribution in [2.75, 3.05) is 0 Å². The summed E-state index contributed by atoms with van der Waals surface area (Å²) in [6, 6.07) is 0. The zero-order valence-electron chi connectivity index (χ0n) is 8.99. The van der Waals surface area contributed by atoms with Crippen LogP contribution in [0.2, 0.25) is 0 Å². The molecule has 1 heterocycles. The van der Waals surface area contributed by atoms with E-state index in [4.69, 9.17) is 4.74 Å². The fourth-order valence-corrected chi connectivity index (χ4v) is 3.46. The van der Waals surface area contributed by atoms with Crippen molar-refractivity contribution >= 4 is 5.97 Å². The second kappa shape index (κ2) is 2.96. The van der Waals surface area contributed by atoms with Crippen molar-refractivity contribution in [1.82, 2.24) is 0 Å². The Kier molecular flexibility index (Phi) is 2.11. The minimum atomic E-state index is -0.898. The number of esters is 1. The third-order valence-electron chi connectivity index (χ3n) is 3.89. The van der Waals surface area contributed by atoms with Crippen LogP contribution in [-0.2, 0) is 9.53 Å². The van der Waals surface area contributed by atoms with Gasteiger partial charge in [-0.25, -0.2) is 0 Å². The van der Waals surface area contributed by atoms with Crippen molar-refractivity contribution in [3.63, 3.8) is 0 Å². The third-order valence-corrected chi connectivity index (χ3v) is 3.89. The lowest BCUT2D eigenvalue weighted by atomic mass is 9.61. The number of carbonyl (C=O) groups excluding carboxylic acids is 1. The smallest absolute Gasteiger partial charge is 0.312 e. The Morgan fingerprint density at radius 3 is 2.79 bits per heavy atom. The normalized spacial score (nSPS) is 52.7. The lowest BCUT2D eigenvalue weighted by molar-refractivity contribution is -0.161. The van der Waals surface area contributed by atoms with Crippen LogP contribution < -0.4 is 0 Å². The fraction of sp³-hybridized carbons (Fsp3) is 0.909. The van der Waals surface area contributed by atoms with Gasteiger partial charge in [0.25, 0.3) is 0 Å². The highest BCUT2D eigenvalue weighted by Crippen LogP contribution is 2.53. The van der Waals surface area contributed by atoms with E-state index in [0.29, 0.717) is 11.8 Å². The van der Waals surface area contributed by atoms with Crippen molar-refractivity contribution in [3.05, 3.63) is 0 Å². The summed E-state index contributed by atoms with van der Waals surface area (Å²) in [6.45, 7) is 6.23. The van der Waals surface area contributed by atoms with E-state index < -0.39 is 6.29 Å². The van der Waals surface area contributed by atoms with Crippen molar-refractivity contribution < 1.29 is 14.6 Å². The molecule has 0 spiro atoms. The molecule has 1 saturated heterocycles. The van der Waals surface area contributed by atoms with E-state index in [1.807, 2.05) is 6.92 Å². The monoisotopic (exact) mass is 198 g/mol. The maximum Gasteiger partial charge on any atom is 0.312 e. The summed E-state index contributed by atoms with van der Waals surface area (Å²) in [7, 11) is 0. The molecular weight excluding hydrogens is 180 g/mol. The first-order valence-electron chi connectivity index (χ1n) is 5.33. The van der Waals surface area contributed by atoms with Gasteiger partial charge < -0.3 is 9.84 Å². The molecule has 0 amide bonds. The zero-order chi connectivity index (χ0) is 10.5. The maximum atomic E-state index is 11.6. The van der Waals surface area contributed by atoms with Gasteiger partial charge >= 0.3 is 5.97 Å². The molecular formula is C11H18O3. The molecule has 14 heavy (non-hydrogen) atoms. The number of hydrogen-bond acceptors (Lipinski definition) is 3. The van der Waals surface area contributed by atoms with Crippen LogP contribution in [0.4, 0.5) is 0 Å². The van der Waals surface area contributed by atoms with E-state index in [-0.39, 0.29) is 17.3 Å². The lowest BCUT2D eigenvalue weighted by Gasteiger charge is -2.41. The molecule has 3 heteroatoms. The van der Waals surface area contributed by atoms with Crippen LogP contribution in [0.15, 0.2) is 0 Å². The number of hydrogen-bond donors (Lipinski definition) is 1. The van der Waals surface area contributed by atoms with Crippen LogP contribution in [-0.4, -0.2) is 17.4 Å². The molecule has 0 bridgehead atoms. The van der Waals surface area contributed by atoms with Gasteiger partial charge in [0.05, 0.1) is 5.92 Å². The number of cyclic esters (lactones) is 1. The molecule has 3 nitrogen and oxygen atoms in total. The summed E-state index contributed by atoms with van der Waals surface area (Å²) in [5, 5.41) is 9.75. The summed E-state index contributed by atoms with van der Waals surface area (Å²) in [6.07, 6.45) is 1.04. The third kappa shape index (κ3) is 1.18. The number of carbonyl (C=O) groups is 1. The van der Waals surface area contributed by atoms with E-state index >= 15 is 0 Å². The largest absolute Gasteiger partial charge is 0.435 e. The number of aliphatic hydroxyl groups excluding tert-OH is 1. The lowest BCUT2D eigenvalue weighted by Crippen LogP contribution is -2.42. The maximum absolute atomic E-state index is 11.6. The molecule has 1 unspecified atom stereocenters. The molecule has 0 aromatic carbocycles. The molecule has 2 aliphatic rings. The number of aliphatic hydroxyl groups is 1. The van der Waals surface area contributed by atoms with Crippen molar-refractivity contribution in [2.45, 2.75) is 39.9 Å². The average molecular weight is 198 g/mol. The van der Waals surface area contributed by atoms with Crippen LogP contribution in [0.25, 0.3) is 0 Å². The highest BCUT2D eigenvalue weighted by molar-refractivity contribution is 5.76. The van der Waals surface area contributed by atoms with Gasteiger partial charge in [0.2, 0.25) is 6.29 Å². The molecule has 5 atom stereocenters. The Hall–Kier alpha value is -0.570. The molecule has 0 aromatic heterocycles. The van der Waals surface area contributed by atoms with Crippen molar-refractivity contribution in [1.29, 1.82) is 0 Å². The van der Waals surface area contributed by atoms with Gasteiger partial charge in [-0.2, -0.15) is 0 Å². The average Bonchev–Trinajstić information content (AvgIpc) is 2.21. The van der Waals surface area contributed by atoms with E-state index in [9.17, 15) is 9.90 Å². The molecule has 1 N–H and O–H groups in total. The quantitative estimate of drug-likeness (QED) is 0.601. The standard InChI is InChI=1S/C11H18O3/c1-6-4-7(2)8-9(12)14-10(13)11(8,3)5-6/h6-8,10,13H,4-5H2,1-3H3/t6-,7+,8-,10?,11-/m0/s1. The zero-order valence-corrected chi connectivity index (χ0v) is 8.99. The topological polar surface area (TPSA) is 46.5 Å². The second-order valence-corrected chi connectivity index (χ2v) is 5.30. The number of ether oxygens (including phenoxy) is 1. The summed E-state index contributed by atoms with van der Waals surface area (Å²) in [5.74, 6) is 0.580. The molecule has 1 aliphatic heterocycles. The first kappa shape index (κ1) is 9.97. The van der Waals surface area contributed by atoms with E-state index in [1.165, 1.54) is 0 Å². The number of fused-ring (bicyclic) bond motifs is 1. The highest BCUT2D eigenvalue weighted by atomic mass is 16.6. The molecule has 1 aliphatic carbocycles. The van der Waals surface area contributed by atoms with Crippen LogP contribution >= 0.6 is 0 Å². The minimum absolute atomic E-state index is 0.103. The predicted octanol–water partition coefficient (Wildman–Crippen LogP) is 1.55. The first-order valence-corrected chi connectivity index (χ1v) is 5.33. The Bertz CT molecular complexity index is 263. The van der Waals surface area contributed by atoms with Gasteiger partial charge in [-0.3, -0.25) is 4.79 Å². The Labute approximate surface area is 84.4 Å². The van der Waals surface area contributed by atoms with Gasteiger partial charge in [-0.15, -0.1) is 0 Å². The SMILES string of the molecule is C[C@H]1C[C@@H](C)[C@H]2C(=O)OC(O)[C@@]2(C)C1. The first-order chi connectivity index (χ1) is 6.45. The molecule has 0 radical (unpaired) electrons. The van der Waals surface area contributed by atoms with Crippen LogP contribution in [0.5, 0.6) is 0 Å². The van der Waals surface area contributed by atoms with Gasteiger partial charge in [-0.05, 0) is 24.7 Å². The van der Waals surface area contributed by atoms with Crippen LogP contribution in [0, 0.1) is 23.2 Å². The molecule has 0 aromatic rings. The fourth-order valence-electron chi connectivity index (χ4n) is 3.46. The minimum Gasteiger partial charge on any atom is -0.435 e. The Balaban J connectivity index is 2.33. The summed E-state index contributed by atoms with van der Waals surface area (Å²) >= 11 is 0. The van der Waals surface area contributed by atoms with Crippen LogP contribution in [0.1, 0.15) is 33.6 Å². The van der Waals surface area contributed by atoms with E-state index in [1.54, 1.807) is 0 Å². The van der Waals surface area contributed by atoms with Gasteiger partial charge in [0.1, 0.15) is 0 Å². The summed E-state index contributed by atoms with van der Waals surface area (Å²) in [5.41, 5.74) is -0.353. The number of rotatable bonds is 0. The van der Waals surface area contributed by atoms with Crippen LogP contribution in [0.3, 0.4) is 0 Å². The Morgan fingerprint density at radius 2 is 2.14 bits per heavy atom. The molecule has 80 valence electrons. The molecule has 2 rings (SSSR count). The summed E-state index contributed by atoms with van der Waals surface area (Å²) < 4.78 is 4.95. The van der Waals surface area contributed by atoms with E-state index in [2.05, 4.69) is 13.8 Å². The predicted molar refractivity (Wildman–Crippen MR) is 51.3 cm³/mol. The van der Waals surface area contributed by atoms with Crippen molar-refractivity contribution in [3.8, 4) is 0 Å². The summed E-state index contributed by atoms with van der Waals surface area (Å²) in [4.78, 5) is 11.6. The highest BCUT2D eigenvalue weighted by Gasteiger charge is 2.58. The molecule has 1 saturated carbocycles. The van der Waals surface area contributed by atoms with Gasteiger partial charge in [0.15, 0.2) is 0 Å².